The molecule has 9 heavy (non-hydrogen) atoms. The zero-order chi connectivity index (χ0) is 6.95. The van der Waals surface area contributed by atoms with Crippen molar-refractivity contribution >= 4 is 12.3 Å². The van der Waals surface area contributed by atoms with Gasteiger partial charge in [0.15, 0.2) is 12.3 Å². The predicted octanol–water partition coefficient (Wildman–Crippen LogP) is -0.433. The van der Waals surface area contributed by atoms with Crippen LogP contribution in [-0.2, 0) is 8.37 Å². The summed E-state index contributed by atoms with van der Waals surface area (Å²) >= 11 is 0.782. The fourth-order valence-electron chi connectivity index (χ4n) is 0.177. The van der Waals surface area contributed by atoms with Crippen molar-refractivity contribution in [3.05, 3.63) is 0 Å². The van der Waals surface area contributed by atoms with Gasteiger partial charge < -0.3 is 10.2 Å². The van der Waals surface area contributed by atoms with Crippen molar-refractivity contribution < 1.29 is 18.6 Å². The highest BCUT2D eigenvalue weighted by molar-refractivity contribution is 7.89. The van der Waals surface area contributed by atoms with Crippen LogP contribution in [0, 0.1) is 0 Å². The number of hydrogen-bond donors (Lipinski definition) is 2. The fourth-order valence-corrected chi connectivity index (χ4v) is 0.530. The number of aliphatic hydroxyl groups is 2. The molecule has 2 N–H and O–H groups in total. The molecule has 0 unspecified atom stereocenters. The summed E-state index contributed by atoms with van der Waals surface area (Å²) in [6, 6.07) is 0. The second kappa shape index (κ2) is 8.19. The van der Waals surface area contributed by atoms with E-state index in [0.29, 0.717) is 0 Å². The number of rotatable bonds is 6. The Labute approximate surface area is 58.2 Å². The Morgan fingerprint density at radius 2 is 1.44 bits per heavy atom. The third-order valence-electron chi connectivity index (χ3n) is 0.445. The third-order valence-corrected chi connectivity index (χ3v) is 0.971. The van der Waals surface area contributed by atoms with Crippen LogP contribution in [0.4, 0.5) is 0 Å². The maximum absolute atomic E-state index is 8.18. The van der Waals surface area contributed by atoms with Gasteiger partial charge in [0.05, 0.1) is 26.4 Å². The summed E-state index contributed by atoms with van der Waals surface area (Å²) in [5, 5.41) is 16.4. The fraction of sp³-hybridized carbons (Fsp3) is 1.00. The van der Waals surface area contributed by atoms with Crippen LogP contribution in [0.25, 0.3) is 0 Å². The summed E-state index contributed by atoms with van der Waals surface area (Å²) in [6.07, 6.45) is 0. The van der Waals surface area contributed by atoms with Gasteiger partial charge in [-0.1, -0.05) is 0 Å². The third kappa shape index (κ3) is 8.19. The monoisotopic (exact) mass is 154 g/mol. The SMILES string of the molecule is OCCOSOCCO. The molecule has 0 rings (SSSR count). The summed E-state index contributed by atoms with van der Waals surface area (Å²) < 4.78 is 9.24. The van der Waals surface area contributed by atoms with Gasteiger partial charge in [-0.3, -0.25) is 8.37 Å². The minimum Gasteiger partial charge on any atom is -0.394 e. The van der Waals surface area contributed by atoms with Crippen molar-refractivity contribution in [2.24, 2.45) is 0 Å². The average molecular weight is 154 g/mol. The molecule has 0 heterocycles. The first-order valence-electron chi connectivity index (χ1n) is 2.54. The molecule has 56 valence electrons. The molecule has 0 saturated heterocycles. The molecule has 4 nitrogen and oxygen atoms in total. The summed E-state index contributed by atoms with van der Waals surface area (Å²) in [7, 11) is 0. The first-order chi connectivity index (χ1) is 4.41. The maximum atomic E-state index is 8.18. The molecule has 5 heteroatoms. The van der Waals surface area contributed by atoms with Crippen LogP contribution in [0.15, 0.2) is 0 Å². The predicted molar refractivity (Wildman–Crippen MR) is 33.7 cm³/mol. The molecule has 0 saturated carbocycles. The lowest BCUT2D eigenvalue weighted by molar-refractivity contribution is 0.183. The van der Waals surface area contributed by atoms with E-state index in [1.54, 1.807) is 0 Å². The highest BCUT2D eigenvalue weighted by Crippen LogP contribution is 2.01. The lowest BCUT2D eigenvalue weighted by Gasteiger charge is -1.97. The van der Waals surface area contributed by atoms with E-state index in [1.807, 2.05) is 0 Å². The van der Waals surface area contributed by atoms with Crippen molar-refractivity contribution in [2.75, 3.05) is 26.4 Å². The molecule has 0 atom stereocenters. The molecule has 0 aliphatic rings. The van der Waals surface area contributed by atoms with Crippen LogP contribution in [0.3, 0.4) is 0 Å². The Kier molecular flexibility index (Phi) is 8.36. The van der Waals surface area contributed by atoms with Crippen molar-refractivity contribution in [3.8, 4) is 0 Å². The topological polar surface area (TPSA) is 58.9 Å². The van der Waals surface area contributed by atoms with Crippen LogP contribution >= 0.6 is 12.3 Å². The van der Waals surface area contributed by atoms with E-state index in [2.05, 4.69) is 8.37 Å². The minimum absolute atomic E-state index is 0.0184. The van der Waals surface area contributed by atoms with Crippen molar-refractivity contribution in [3.63, 3.8) is 0 Å². The van der Waals surface area contributed by atoms with Crippen LogP contribution in [0.1, 0.15) is 0 Å². The highest BCUT2D eigenvalue weighted by atomic mass is 32.2. The molecule has 0 aliphatic heterocycles. The van der Waals surface area contributed by atoms with Gasteiger partial charge in [-0.15, -0.1) is 0 Å². The summed E-state index contributed by atoms with van der Waals surface area (Å²) in [4.78, 5) is 0. The normalized spacial score (nSPS) is 10.0. The van der Waals surface area contributed by atoms with E-state index < -0.39 is 0 Å². The van der Waals surface area contributed by atoms with E-state index in [1.165, 1.54) is 0 Å². The average Bonchev–Trinajstić information content (AvgIpc) is 1.89. The van der Waals surface area contributed by atoms with Gasteiger partial charge in [0, 0.05) is 0 Å². The molecular weight excluding hydrogens is 144 g/mol. The van der Waals surface area contributed by atoms with Crippen LogP contribution < -0.4 is 0 Å². The van der Waals surface area contributed by atoms with Crippen LogP contribution in [0.5, 0.6) is 0 Å². The maximum Gasteiger partial charge on any atom is 0.158 e. The highest BCUT2D eigenvalue weighted by Gasteiger charge is 1.86. The second-order valence-corrected chi connectivity index (χ2v) is 1.77. The Morgan fingerprint density at radius 3 is 1.78 bits per heavy atom. The zero-order valence-corrected chi connectivity index (χ0v) is 5.76. The Balaban J connectivity index is 2.60. The molecule has 0 aromatic carbocycles. The van der Waals surface area contributed by atoms with Gasteiger partial charge in [-0.05, 0) is 0 Å². The lowest BCUT2D eigenvalue weighted by atomic mass is 10.8. The first kappa shape index (κ1) is 9.19. The quantitative estimate of drug-likeness (QED) is 0.401. The Bertz CT molecular complexity index is 45.8. The van der Waals surface area contributed by atoms with Crippen molar-refractivity contribution in [1.29, 1.82) is 0 Å². The van der Waals surface area contributed by atoms with E-state index in [-0.39, 0.29) is 26.4 Å². The second-order valence-electron chi connectivity index (χ2n) is 1.16. The van der Waals surface area contributed by atoms with Crippen molar-refractivity contribution in [2.45, 2.75) is 0 Å². The van der Waals surface area contributed by atoms with Gasteiger partial charge >= 0.3 is 0 Å². The van der Waals surface area contributed by atoms with Gasteiger partial charge in [0.2, 0.25) is 0 Å². The summed E-state index contributed by atoms with van der Waals surface area (Å²) in [6.45, 7) is 0.456. The van der Waals surface area contributed by atoms with Gasteiger partial charge in [-0.25, -0.2) is 0 Å². The van der Waals surface area contributed by atoms with E-state index >= 15 is 0 Å². The first-order valence-corrected chi connectivity index (χ1v) is 3.21. The minimum atomic E-state index is -0.0184. The Morgan fingerprint density at radius 1 is 1.00 bits per heavy atom. The number of aliphatic hydroxyl groups excluding tert-OH is 2. The Hall–Kier alpha value is 0.190. The molecule has 0 bridgehead atoms. The van der Waals surface area contributed by atoms with E-state index in [9.17, 15) is 0 Å². The van der Waals surface area contributed by atoms with Crippen LogP contribution in [-0.4, -0.2) is 36.6 Å². The number of hydrogen-bond acceptors (Lipinski definition) is 5. The molecule has 0 spiro atoms. The smallest absolute Gasteiger partial charge is 0.158 e. The molecule has 0 aromatic heterocycles. The molecule has 0 amide bonds. The van der Waals surface area contributed by atoms with Crippen molar-refractivity contribution in [1.82, 2.24) is 0 Å². The molecule has 0 radical (unpaired) electrons. The van der Waals surface area contributed by atoms with Gasteiger partial charge in [-0.2, -0.15) is 0 Å². The summed E-state index contributed by atoms with van der Waals surface area (Å²) in [5.74, 6) is 0. The zero-order valence-electron chi connectivity index (χ0n) is 4.95. The molecular formula is C4H10O4S. The van der Waals surface area contributed by atoms with Gasteiger partial charge in [0.1, 0.15) is 0 Å². The molecule has 0 aliphatic carbocycles. The lowest BCUT2D eigenvalue weighted by Crippen LogP contribution is -1.96. The van der Waals surface area contributed by atoms with Gasteiger partial charge in [0.25, 0.3) is 0 Å². The van der Waals surface area contributed by atoms with Crippen LogP contribution in [0.2, 0.25) is 0 Å². The largest absolute Gasteiger partial charge is 0.394 e. The molecule has 0 aromatic rings. The molecule has 0 fully saturated rings. The van der Waals surface area contributed by atoms with E-state index in [0.717, 1.165) is 12.3 Å². The van der Waals surface area contributed by atoms with E-state index in [4.69, 9.17) is 10.2 Å². The standard InChI is InChI=1S/C4H10O4S/c5-1-3-7-9-8-4-2-6/h5-6H,1-4H2. The summed E-state index contributed by atoms with van der Waals surface area (Å²) in [5.41, 5.74) is 0.